The van der Waals surface area contributed by atoms with Crippen LogP contribution >= 0.6 is 0 Å². The topological polar surface area (TPSA) is 76.7 Å². The first-order chi connectivity index (χ1) is 7.74. The Hall–Kier alpha value is -1.98. The van der Waals surface area contributed by atoms with E-state index in [1.54, 1.807) is 13.1 Å². The average Bonchev–Trinajstić information content (AvgIpc) is 2.64. The number of aryl methyl sites for hydroxylation is 2. The molecule has 6 nitrogen and oxygen atoms in total. The van der Waals surface area contributed by atoms with Crippen LogP contribution in [0.3, 0.4) is 0 Å². The molecule has 0 aliphatic rings. The maximum absolute atomic E-state index is 4.87. The van der Waals surface area contributed by atoms with Gasteiger partial charge in [-0.05, 0) is 13.0 Å². The van der Waals surface area contributed by atoms with Crippen LogP contribution in [0.2, 0.25) is 0 Å². The van der Waals surface area contributed by atoms with Gasteiger partial charge in [-0.15, -0.1) is 0 Å². The molecule has 0 unspecified atom stereocenters. The van der Waals surface area contributed by atoms with Gasteiger partial charge in [0.15, 0.2) is 5.82 Å². The summed E-state index contributed by atoms with van der Waals surface area (Å²) < 4.78 is 4.87. The van der Waals surface area contributed by atoms with Crippen molar-refractivity contribution in [1.29, 1.82) is 0 Å². The van der Waals surface area contributed by atoms with E-state index < -0.39 is 0 Å². The van der Waals surface area contributed by atoms with Crippen molar-refractivity contribution in [2.45, 2.75) is 20.3 Å². The minimum Gasteiger partial charge on any atom is -0.370 e. The first-order valence-corrected chi connectivity index (χ1v) is 5.07. The normalized spacial score (nSPS) is 10.4. The molecule has 0 bridgehead atoms. The van der Waals surface area contributed by atoms with Crippen molar-refractivity contribution in [2.24, 2.45) is 0 Å². The van der Waals surface area contributed by atoms with Crippen LogP contribution in [-0.2, 0) is 6.42 Å². The summed E-state index contributed by atoms with van der Waals surface area (Å²) >= 11 is 0. The Kier molecular flexibility index (Phi) is 3.09. The van der Waals surface area contributed by atoms with E-state index in [2.05, 4.69) is 25.4 Å². The molecule has 16 heavy (non-hydrogen) atoms. The maximum atomic E-state index is 4.87. The molecule has 84 valence electrons. The lowest BCUT2D eigenvalue weighted by Crippen LogP contribution is -2.07. The van der Waals surface area contributed by atoms with Gasteiger partial charge in [-0.2, -0.15) is 4.98 Å². The number of hydrogen-bond donors (Lipinski definition) is 1. The van der Waals surface area contributed by atoms with Gasteiger partial charge < -0.3 is 9.84 Å². The van der Waals surface area contributed by atoms with E-state index in [0.717, 1.165) is 18.2 Å². The number of rotatable bonds is 4. The van der Waals surface area contributed by atoms with Crippen molar-refractivity contribution in [1.82, 2.24) is 20.1 Å². The Morgan fingerprint density at radius 3 is 2.88 bits per heavy atom. The molecule has 0 saturated carbocycles. The summed E-state index contributed by atoms with van der Waals surface area (Å²) in [6, 6.07) is 1.83. The summed E-state index contributed by atoms with van der Waals surface area (Å²) in [6.07, 6.45) is 2.43. The molecule has 2 aromatic heterocycles. The van der Waals surface area contributed by atoms with Crippen LogP contribution in [0.15, 0.2) is 16.8 Å². The first-order valence-electron chi connectivity index (χ1n) is 5.07. The van der Waals surface area contributed by atoms with Gasteiger partial charge >= 0.3 is 0 Å². The van der Waals surface area contributed by atoms with Crippen LogP contribution in [0.1, 0.15) is 17.5 Å². The molecular weight excluding hydrogens is 206 g/mol. The highest BCUT2D eigenvalue weighted by molar-refractivity contribution is 5.32. The molecule has 2 aromatic rings. The Labute approximate surface area is 93.1 Å². The molecule has 0 aliphatic heterocycles. The Bertz CT molecular complexity index is 468. The average molecular weight is 219 g/mol. The fourth-order valence-corrected chi connectivity index (χ4v) is 1.30. The number of aromatic nitrogens is 4. The lowest BCUT2D eigenvalue weighted by atomic mass is 10.4. The van der Waals surface area contributed by atoms with E-state index in [0.29, 0.717) is 18.1 Å². The van der Waals surface area contributed by atoms with E-state index in [1.165, 1.54) is 0 Å². The highest BCUT2D eigenvalue weighted by atomic mass is 16.5. The number of anilines is 1. The largest absolute Gasteiger partial charge is 0.370 e. The quantitative estimate of drug-likeness (QED) is 0.830. The van der Waals surface area contributed by atoms with Crippen molar-refractivity contribution in [3.63, 3.8) is 0 Å². The second-order valence-electron chi connectivity index (χ2n) is 3.40. The molecule has 0 spiro atoms. The minimum atomic E-state index is 0.591. The van der Waals surface area contributed by atoms with E-state index >= 15 is 0 Å². The molecule has 0 saturated heterocycles. The zero-order valence-corrected chi connectivity index (χ0v) is 9.27. The molecule has 0 atom stereocenters. The van der Waals surface area contributed by atoms with Crippen LogP contribution in [0.5, 0.6) is 0 Å². The summed E-state index contributed by atoms with van der Waals surface area (Å²) in [5.41, 5.74) is 0. The molecule has 0 radical (unpaired) electrons. The van der Waals surface area contributed by atoms with Gasteiger partial charge in [-0.1, -0.05) is 5.16 Å². The third-order valence-corrected chi connectivity index (χ3v) is 2.00. The minimum absolute atomic E-state index is 0.591. The summed E-state index contributed by atoms with van der Waals surface area (Å²) in [7, 11) is 0. The van der Waals surface area contributed by atoms with Crippen molar-refractivity contribution < 1.29 is 4.52 Å². The molecule has 2 heterocycles. The molecule has 0 aliphatic carbocycles. The summed E-state index contributed by atoms with van der Waals surface area (Å²) in [4.78, 5) is 12.4. The van der Waals surface area contributed by atoms with Gasteiger partial charge in [0.05, 0.1) is 0 Å². The van der Waals surface area contributed by atoms with Crippen molar-refractivity contribution in [3.05, 3.63) is 29.8 Å². The fourth-order valence-electron chi connectivity index (χ4n) is 1.30. The number of nitrogens with zero attached hydrogens (tertiary/aromatic N) is 4. The highest BCUT2D eigenvalue weighted by Crippen LogP contribution is 2.02. The van der Waals surface area contributed by atoms with Crippen molar-refractivity contribution >= 4 is 5.82 Å². The van der Waals surface area contributed by atoms with Gasteiger partial charge in [-0.3, -0.25) is 0 Å². The molecule has 0 fully saturated rings. The van der Waals surface area contributed by atoms with Gasteiger partial charge in [0.2, 0.25) is 5.89 Å². The van der Waals surface area contributed by atoms with Crippen molar-refractivity contribution in [3.8, 4) is 0 Å². The predicted molar refractivity (Wildman–Crippen MR) is 58.0 cm³/mol. The lowest BCUT2D eigenvalue weighted by Gasteiger charge is -2.03. The third kappa shape index (κ3) is 2.75. The summed E-state index contributed by atoms with van der Waals surface area (Å²) in [5.74, 6) is 2.86. The zero-order chi connectivity index (χ0) is 11.4. The summed E-state index contributed by atoms with van der Waals surface area (Å²) in [6.45, 7) is 4.35. The monoisotopic (exact) mass is 219 g/mol. The molecule has 0 amide bonds. The fraction of sp³-hybridized carbons (Fsp3) is 0.400. The molecule has 1 N–H and O–H groups in total. The Morgan fingerprint density at radius 1 is 1.31 bits per heavy atom. The number of hydrogen-bond acceptors (Lipinski definition) is 6. The first kappa shape index (κ1) is 10.5. The standard InChI is InChI=1S/C10H13N5O/c1-7-11-5-3-9(13-7)12-6-4-10-14-8(2)16-15-10/h3,5H,4,6H2,1-2H3,(H,11,12,13). The molecule has 2 rings (SSSR count). The van der Waals surface area contributed by atoms with Crippen LogP contribution in [0.25, 0.3) is 0 Å². The molecule has 0 aromatic carbocycles. The van der Waals surface area contributed by atoms with E-state index in [-0.39, 0.29) is 0 Å². The van der Waals surface area contributed by atoms with Crippen molar-refractivity contribution in [2.75, 3.05) is 11.9 Å². The van der Waals surface area contributed by atoms with Crippen LogP contribution in [0.4, 0.5) is 5.82 Å². The van der Waals surface area contributed by atoms with Crippen LogP contribution < -0.4 is 5.32 Å². The molecule has 6 heteroatoms. The second-order valence-corrected chi connectivity index (χ2v) is 3.40. The van der Waals surface area contributed by atoms with Gasteiger partial charge in [0, 0.05) is 26.1 Å². The zero-order valence-electron chi connectivity index (χ0n) is 9.27. The van der Waals surface area contributed by atoms with E-state index in [4.69, 9.17) is 4.52 Å². The van der Waals surface area contributed by atoms with Gasteiger partial charge in [0.25, 0.3) is 0 Å². The van der Waals surface area contributed by atoms with Crippen LogP contribution in [0, 0.1) is 13.8 Å². The third-order valence-electron chi connectivity index (χ3n) is 2.00. The van der Waals surface area contributed by atoms with Gasteiger partial charge in [-0.25, -0.2) is 9.97 Å². The van der Waals surface area contributed by atoms with Crippen LogP contribution in [-0.4, -0.2) is 26.7 Å². The SMILES string of the molecule is Cc1nccc(NCCc2noc(C)n2)n1. The highest BCUT2D eigenvalue weighted by Gasteiger charge is 2.01. The van der Waals surface area contributed by atoms with Gasteiger partial charge in [0.1, 0.15) is 11.6 Å². The summed E-state index contributed by atoms with van der Waals surface area (Å²) in [5, 5.41) is 6.98. The molecular formula is C10H13N5O. The second kappa shape index (κ2) is 4.69. The smallest absolute Gasteiger partial charge is 0.223 e. The maximum Gasteiger partial charge on any atom is 0.223 e. The Morgan fingerprint density at radius 2 is 2.19 bits per heavy atom. The lowest BCUT2D eigenvalue weighted by molar-refractivity contribution is 0.387. The Balaban J connectivity index is 1.84. The predicted octanol–water partition coefficient (Wildman–Crippen LogP) is 1.13. The number of nitrogens with one attached hydrogen (secondary N) is 1. The van der Waals surface area contributed by atoms with E-state index in [9.17, 15) is 0 Å². The van der Waals surface area contributed by atoms with E-state index in [1.807, 2.05) is 13.0 Å².